The van der Waals surface area contributed by atoms with Crippen LogP contribution in [0.5, 0.6) is 0 Å². The highest BCUT2D eigenvalue weighted by Gasteiger charge is 2.09. The molecule has 270 valence electrons. The number of hydrogen-bond acceptors (Lipinski definition) is 2. The number of nitrogens with two attached hydrogens (primary N) is 2. The van der Waals surface area contributed by atoms with Crippen molar-refractivity contribution < 1.29 is 0 Å². The Morgan fingerprint density at radius 2 is 0.500 bits per heavy atom. The van der Waals surface area contributed by atoms with Crippen molar-refractivity contribution in [3.05, 3.63) is 130 Å². The first-order valence-electron chi connectivity index (χ1n) is 20.4. The molecule has 0 spiro atoms. The van der Waals surface area contributed by atoms with Crippen molar-refractivity contribution in [1.82, 2.24) is 0 Å². The minimum atomic E-state index is 0.402. The second-order valence-electron chi connectivity index (χ2n) is 15.1. The number of unbranched alkanes of at least 4 members (excludes halogenated alkanes) is 17. The van der Waals surface area contributed by atoms with Crippen LogP contribution >= 0.6 is 0 Å². The molecule has 4 aromatic rings. The number of aryl methyl sites for hydroxylation is 2. The Bertz CT molecular complexity index is 1310. The summed E-state index contributed by atoms with van der Waals surface area (Å²) in [6.45, 7) is 4.55. The van der Waals surface area contributed by atoms with Crippen molar-refractivity contribution >= 4 is 11.4 Å². The van der Waals surface area contributed by atoms with Gasteiger partial charge in [-0.1, -0.05) is 189 Å². The molecular formula is C48H68N2. The molecule has 0 heterocycles. The van der Waals surface area contributed by atoms with Crippen LogP contribution in [0.3, 0.4) is 0 Å². The summed E-state index contributed by atoms with van der Waals surface area (Å²) in [6.07, 6.45) is 27.8. The molecule has 0 radical (unpaired) electrons. The first kappa shape index (κ1) is 39.3. The third kappa shape index (κ3) is 14.8. The molecular weight excluding hydrogens is 605 g/mol. The Morgan fingerprint density at radius 3 is 0.740 bits per heavy atom. The van der Waals surface area contributed by atoms with Crippen LogP contribution in [0.1, 0.15) is 175 Å². The molecule has 0 aliphatic carbocycles. The summed E-state index contributed by atoms with van der Waals surface area (Å²) >= 11 is 0. The minimum Gasteiger partial charge on any atom is -0.399 e. The highest BCUT2D eigenvalue weighted by molar-refractivity contribution is 5.44. The van der Waals surface area contributed by atoms with Crippen LogP contribution in [0.2, 0.25) is 0 Å². The van der Waals surface area contributed by atoms with E-state index in [-0.39, 0.29) is 0 Å². The first-order chi connectivity index (χ1) is 24.5. The van der Waals surface area contributed by atoms with Crippen molar-refractivity contribution in [3.63, 3.8) is 0 Å². The normalized spacial score (nSPS) is 12.6. The topological polar surface area (TPSA) is 52.0 Å². The molecule has 2 heteroatoms. The van der Waals surface area contributed by atoms with Crippen molar-refractivity contribution in [1.29, 1.82) is 0 Å². The van der Waals surface area contributed by atoms with Gasteiger partial charge in [0.05, 0.1) is 0 Å². The maximum absolute atomic E-state index is 5.85. The van der Waals surface area contributed by atoms with Crippen LogP contribution < -0.4 is 11.5 Å². The SMILES string of the molecule is CC(c1ccc(N)cc1)c1ccc(CCCCCCCCCCCCCCCCCCCCc2ccc(C(C)c3ccc(N)cc3)cc2)cc1. The fraction of sp³-hybridized carbons (Fsp3) is 0.500. The largest absolute Gasteiger partial charge is 0.399 e. The molecule has 0 aromatic heterocycles. The molecule has 0 aliphatic heterocycles. The molecule has 2 nitrogen and oxygen atoms in total. The highest BCUT2D eigenvalue weighted by atomic mass is 14.5. The quantitative estimate of drug-likeness (QED) is 0.0544. The minimum absolute atomic E-state index is 0.402. The van der Waals surface area contributed by atoms with Crippen molar-refractivity contribution in [2.45, 2.75) is 154 Å². The van der Waals surface area contributed by atoms with Gasteiger partial charge in [-0.3, -0.25) is 0 Å². The van der Waals surface area contributed by atoms with Gasteiger partial charge in [-0.15, -0.1) is 0 Å². The van der Waals surface area contributed by atoms with E-state index >= 15 is 0 Å². The van der Waals surface area contributed by atoms with Crippen molar-refractivity contribution in [2.24, 2.45) is 0 Å². The van der Waals surface area contributed by atoms with Gasteiger partial charge in [0.1, 0.15) is 0 Å². The maximum atomic E-state index is 5.85. The van der Waals surface area contributed by atoms with Gasteiger partial charge in [0, 0.05) is 23.2 Å². The van der Waals surface area contributed by atoms with Crippen LogP contribution in [0, 0.1) is 0 Å². The summed E-state index contributed by atoms with van der Waals surface area (Å²) in [5.74, 6) is 0.804. The van der Waals surface area contributed by atoms with Gasteiger partial charge < -0.3 is 11.5 Å². The molecule has 4 aromatic carbocycles. The van der Waals surface area contributed by atoms with Gasteiger partial charge in [-0.25, -0.2) is 0 Å². The van der Waals surface area contributed by atoms with Gasteiger partial charge in [-0.05, 0) is 83.3 Å². The van der Waals surface area contributed by atoms with Crippen LogP contribution in [0.25, 0.3) is 0 Å². The number of nitrogen functional groups attached to an aromatic ring is 2. The molecule has 2 atom stereocenters. The summed E-state index contributed by atoms with van der Waals surface area (Å²) in [5.41, 5.74) is 21.7. The number of rotatable bonds is 25. The van der Waals surface area contributed by atoms with E-state index in [0.717, 1.165) is 11.4 Å². The lowest BCUT2D eigenvalue weighted by atomic mass is 9.92. The first-order valence-corrected chi connectivity index (χ1v) is 20.4. The predicted molar refractivity (Wildman–Crippen MR) is 220 cm³/mol. The fourth-order valence-corrected chi connectivity index (χ4v) is 7.39. The molecule has 0 aliphatic rings. The smallest absolute Gasteiger partial charge is 0.0314 e. The lowest BCUT2D eigenvalue weighted by Crippen LogP contribution is -1.97. The standard InChI is InChI=1S/C48H68N2/c1-39(45-31-35-47(49)36-32-45)43-27-23-41(24-28-43)21-19-17-15-13-11-9-7-5-3-4-6-8-10-12-14-16-18-20-22-42-25-29-44(30-26-42)40(2)46-33-37-48(50)38-34-46/h23-40H,3-22,49-50H2,1-2H3. The van der Waals surface area contributed by atoms with Crippen molar-refractivity contribution in [2.75, 3.05) is 11.5 Å². The zero-order chi connectivity index (χ0) is 35.2. The average Bonchev–Trinajstić information content (AvgIpc) is 3.14. The zero-order valence-corrected chi connectivity index (χ0v) is 31.7. The molecule has 0 saturated carbocycles. The third-order valence-corrected chi connectivity index (χ3v) is 11.0. The number of anilines is 2. The summed E-state index contributed by atoms with van der Waals surface area (Å²) in [7, 11) is 0. The lowest BCUT2D eigenvalue weighted by Gasteiger charge is -2.13. The highest BCUT2D eigenvalue weighted by Crippen LogP contribution is 2.27. The van der Waals surface area contributed by atoms with E-state index in [9.17, 15) is 0 Å². The van der Waals surface area contributed by atoms with Gasteiger partial charge >= 0.3 is 0 Å². The summed E-state index contributed by atoms with van der Waals surface area (Å²) in [4.78, 5) is 0. The molecule has 50 heavy (non-hydrogen) atoms. The third-order valence-electron chi connectivity index (χ3n) is 11.0. The summed E-state index contributed by atoms with van der Waals surface area (Å²) in [5, 5.41) is 0. The Balaban J connectivity index is 0.876. The van der Waals surface area contributed by atoms with Gasteiger partial charge in [0.2, 0.25) is 0 Å². The predicted octanol–water partition coefficient (Wildman–Crippen LogP) is 14.0. The van der Waals surface area contributed by atoms with Crippen LogP contribution in [0.15, 0.2) is 97.1 Å². The van der Waals surface area contributed by atoms with E-state index in [1.165, 1.54) is 162 Å². The van der Waals surface area contributed by atoms with Gasteiger partial charge in [0.15, 0.2) is 0 Å². The fourth-order valence-electron chi connectivity index (χ4n) is 7.39. The summed E-state index contributed by atoms with van der Waals surface area (Å²) in [6, 6.07) is 35.2. The summed E-state index contributed by atoms with van der Waals surface area (Å²) < 4.78 is 0. The van der Waals surface area contributed by atoms with Gasteiger partial charge in [-0.2, -0.15) is 0 Å². The van der Waals surface area contributed by atoms with Crippen molar-refractivity contribution in [3.8, 4) is 0 Å². The Labute approximate surface area is 306 Å². The molecule has 4 N–H and O–H groups in total. The van der Waals surface area contributed by atoms with E-state index in [1.54, 1.807) is 0 Å². The van der Waals surface area contributed by atoms with Gasteiger partial charge in [0.25, 0.3) is 0 Å². The molecule has 0 bridgehead atoms. The Kier molecular flexibility index (Phi) is 18.1. The van der Waals surface area contributed by atoms with Crippen LogP contribution in [-0.4, -0.2) is 0 Å². The van der Waals surface area contributed by atoms with Crippen LogP contribution in [-0.2, 0) is 12.8 Å². The monoisotopic (exact) mass is 673 g/mol. The second-order valence-corrected chi connectivity index (χ2v) is 15.1. The van der Waals surface area contributed by atoms with E-state index in [1.807, 2.05) is 24.3 Å². The molecule has 0 saturated heterocycles. The van der Waals surface area contributed by atoms with E-state index < -0.39 is 0 Å². The van der Waals surface area contributed by atoms with E-state index in [0.29, 0.717) is 11.8 Å². The Hall–Kier alpha value is -3.52. The molecule has 4 rings (SSSR count). The number of hydrogen-bond donors (Lipinski definition) is 2. The lowest BCUT2D eigenvalue weighted by molar-refractivity contribution is 0.524. The second kappa shape index (κ2) is 23.0. The average molecular weight is 673 g/mol. The van der Waals surface area contributed by atoms with Crippen LogP contribution in [0.4, 0.5) is 11.4 Å². The molecule has 0 fully saturated rings. The zero-order valence-electron chi connectivity index (χ0n) is 31.7. The molecule has 2 unspecified atom stereocenters. The van der Waals surface area contributed by atoms with E-state index in [2.05, 4.69) is 86.6 Å². The maximum Gasteiger partial charge on any atom is 0.0314 e. The number of benzene rings is 4. The Morgan fingerprint density at radius 1 is 0.300 bits per heavy atom. The van der Waals surface area contributed by atoms with E-state index in [4.69, 9.17) is 11.5 Å². The molecule has 0 amide bonds.